The predicted molar refractivity (Wildman–Crippen MR) is 69.4 cm³/mol. The summed E-state index contributed by atoms with van der Waals surface area (Å²) >= 11 is 0. The topological polar surface area (TPSA) is 63.8 Å². The molecule has 0 saturated carbocycles. The fourth-order valence-electron chi connectivity index (χ4n) is 1.66. The molecule has 2 aromatic rings. The molecule has 1 heterocycles. The summed E-state index contributed by atoms with van der Waals surface area (Å²) in [4.78, 5) is 8.73. The van der Waals surface area contributed by atoms with E-state index in [4.69, 9.17) is 5.84 Å². The molecule has 0 aliphatic heterocycles. The van der Waals surface area contributed by atoms with E-state index in [0.29, 0.717) is 11.6 Å². The summed E-state index contributed by atoms with van der Waals surface area (Å²) in [6, 6.07) is 10.1. The van der Waals surface area contributed by atoms with Gasteiger partial charge in [-0.2, -0.15) is 0 Å². The summed E-state index contributed by atoms with van der Waals surface area (Å²) in [5, 5.41) is 0. The first kappa shape index (κ1) is 11.5. The Hall–Kier alpha value is -1.94. The zero-order chi connectivity index (χ0) is 12.3. The van der Waals surface area contributed by atoms with E-state index in [2.05, 4.69) is 34.5 Å². The van der Waals surface area contributed by atoms with E-state index in [1.165, 1.54) is 5.56 Å². The summed E-state index contributed by atoms with van der Waals surface area (Å²) in [6.45, 7) is 4.06. The third-order valence-electron chi connectivity index (χ3n) is 2.62. The van der Waals surface area contributed by atoms with Crippen molar-refractivity contribution in [1.82, 2.24) is 9.97 Å². The van der Waals surface area contributed by atoms with Crippen LogP contribution in [0.5, 0.6) is 0 Å². The average Bonchev–Trinajstić information content (AvgIpc) is 2.38. The third-order valence-corrected chi connectivity index (χ3v) is 2.62. The fraction of sp³-hybridized carbons (Fsp3) is 0.231. The molecule has 0 fully saturated rings. The zero-order valence-corrected chi connectivity index (χ0v) is 10.1. The van der Waals surface area contributed by atoms with Gasteiger partial charge in [-0.1, -0.05) is 31.2 Å². The monoisotopic (exact) mass is 228 g/mol. The lowest BCUT2D eigenvalue weighted by Gasteiger charge is -2.06. The van der Waals surface area contributed by atoms with Gasteiger partial charge >= 0.3 is 0 Å². The molecule has 1 aromatic carbocycles. The van der Waals surface area contributed by atoms with Crippen LogP contribution in [-0.4, -0.2) is 9.97 Å². The van der Waals surface area contributed by atoms with Crippen molar-refractivity contribution in [3.05, 3.63) is 41.6 Å². The molecule has 0 radical (unpaired) electrons. The van der Waals surface area contributed by atoms with Crippen LogP contribution in [0.15, 0.2) is 30.3 Å². The van der Waals surface area contributed by atoms with Crippen molar-refractivity contribution in [2.45, 2.75) is 20.3 Å². The van der Waals surface area contributed by atoms with Gasteiger partial charge in [-0.15, -0.1) is 0 Å². The van der Waals surface area contributed by atoms with Gasteiger partial charge < -0.3 is 5.43 Å². The maximum absolute atomic E-state index is 5.37. The van der Waals surface area contributed by atoms with E-state index in [1.54, 1.807) is 0 Å². The number of nitrogens with one attached hydrogen (secondary N) is 1. The maximum Gasteiger partial charge on any atom is 0.161 e. The van der Waals surface area contributed by atoms with Crippen molar-refractivity contribution in [3.8, 4) is 11.4 Å². The number of anilines is 1. The molecule has 0 bridgehead atoms. The smallest absolute Gasteiger partial charge is 0.161 e. The highest BCUT2D eigenvalue weighted by atomic mass is 15.3. The number of nitrogens with two attached hydrogens (primary N) is 1. The van der Waals surface area contributed by atoms with Crippen LogP contribution in [0.3, 0.4) is 0 Å². The second kappa shape index (κ2) is 4.93. The molecule has 0 atom stereocenters. The Morgan fingerprint density at radius 2 is 1.88 bits per heavy atom. The molecule has 0 aliphatic rings. The number of rotatable bonds is 3. The molecular weight excluding hydrogens is 212 g/mol. The predicted octanol–water partition coefficient (Wildman–Crippen LogP) is 2.30. The molecular formula is C13H16N4. The zero-order valence-electron chi connectivity index (χ0n) is 10.1. The molecule has 0 spiro atoms. The first-order chi connectivity index (χ1) is 8.22. The standard InChI is InChI=1S/C13H16N4/c1-3-10-4-6-11(7-5-10)13-15-9(2)8-12(16-13)17-14/h4-8H,3,14H2,1-2H3,(H,15,16,17). The Kier molecular flexibility index (Phi) is 3.35. The minimum absolute atomic E-state index is 0.632. The number of hydrazine groups is 1. The summed E-state index contributed by atoms with van der Waals surface area (Å²) in [5.41, 5.74) is 5.75. The van der Waals surface area contributed by atoms with Crippen LogP contribution in [0.1, 0.15) is 18.2 Å². The minimum Gasteiger partial charge on any atom is -0.308 e. The Balaban J connectivity index is 2.41. The normalized spacial score (nSPS) is 10.3. The third kappa shape index (κ3) is 2.60. The van der Waals surface area contributed by atoms with Crippen LogP contribution < -0.4 is 11.3 Å². The number of aromatic nitrogens is 2. The van der Waals surface area contributed by atoms with Crippen LogP contribution in [0.4, 0.5) is 5.82 Å². The summed E-state index contributed by atoms with van der Waals surface area (Å²) < 4.78 is 0. The van der Waals surface area contributed by atoms with Crippen LogP contribution in [-0.2, 0) is 6.42 Å². The molecule has 0 saturated heterocycles. The lowest BCUT2D eigenvalue weighted by atomic mass is 10.1. The molecule has 4 nitrogen and oxygen atoms in total. The lowest BCUT2D eigenvalue weighted by molar-refractivity contribution is 1.09. The van der Waals surface area contributed by atoms with Gasteiger partial charge in [0.05, 0.1) is 0 Å². The summed E-state index contributed by atoms with van der Waals surface area (Å²) in [5.74, 6) is 6.70. The Labute approximate surface area is 101 Å². The summed E-state index contributed by atoms with van der Waals surface area (Å²) in [7, 11) is 0. The number of hydrogen-bond donors (Lipinski definition) is 2. The van der Waals surface area contributed by atoms with Crippen LogP contribution in [0.2, 0.25) is 0 Å². The Bertz CT molecular complexity index is 505. The molecule has 17 heavy (non-hydrogen) atoms. The van der Waals surface area contributed by atoms with E-state index in [9.17, 15) is 0 Å². The van der Waals surface area contributed by atoms with Crippen LogP contribution in [0, 0.1) is 6.92 Å². The van der Waals surface area contributed by atoms with E-state index < -0.39 is 0 Å². The van der Waals surface area contributed by atoms with E-state index in [-0.39, 0.29) is 0 Å². The van der Waals surface area contributed by atoms with E-state index >= 15 is 0 Å². The SMILES string of the molecule is CCc1ccc(-c2nc(C)cc(NN)n2)cc1. The van der Waals surface area contributed by atoms with Crippen molar-refractivity contribution in [2.75, 3.05) is 5.43 Å². The molecule has 2 rings (SSSR count). The highest BCUT2D eigenvalue weighted by Crippen LogP contribution is 2.18. The molecule has 0 aliphatic carbocycles. The number of nitrogen functional groups attached to an aromatic ring is 1. The number of benzene rings is 1. The first-order valence-electron chi connectivity index (χ1n) is 5.64. The van der Waals surface area contributed by atoms with Crippen LogP contribution in [0.25, 0.3) is 11.4 Å². The van der Waals surface area contributed by atoms with Gasteiger partial charge in [0.2, 0.25) is 0 Å². The van der Waals surface area contributed by atoms with Crippen molar-refractivity contribution < 1.29 is 0 Å². The van der Waals surface area contributed by atoms with Gasteiger partial charge in [0, 0.05) is 17.3 Å². The maximum atomic E-state index is 5.37. The van der Waals surface area contributed by atoms with Gasteiger partial charge in [0.15, 0.2) is 5.82 Å². The number of aryl methyl sites for hydroxylation is 2. The lowest BCUT2D eigenvalue weighted by Crippen LogP contribution is -2.09. The fourth-order valence-corrected chi connectivity index (χ4v) is 1.66. The largest absolute Gasteiger partial charge is 0.308 e. The molecule has 4 heteroatoms. The average molecular weight is 228 g/mol. The molecule has 0 unspecified atom stereocenters. The highest BCUT2D eigenvalue weighted by molar-refractivity contribution is 5.57. The van der Waals surface area contributed by atoms with Gasteiger partial charge in [0.1, 0.15) is 5.82 Å². The molecule has 3 N–H and O–H groups in total. The van der Waals surface area contributed by atoms with Gasteiger partial charge in [-0.05, 0) is 18.9 Å². The Morgan fingerprint density at radius 1 is 1.18 bits per heavy atom. The first-order valence-corrected chi connectivity index (χ1v) is 5.64. The highest BCUT2D eigenvalue weighted by Gasteiger charge is 2.04. The Morgan fingerprint density at radius 3 is 2.47 bits per heavy atom. The van der Waals surface area contributed by atoms with Crippen molar-refractivity contribution in [3.63, 3.8) is 0 Å². The van der Waals surface area contributed by atoms with E-state index in [1.807, 2.05) is 25.1 Å². The quantitative estimate of drug-likeness (QED) is 0.625. The van der Waals surface area contributed by atoms with Crippen molar-refractivity contribution >= 4 is 5.82 Å². The van der Waals surface area contributed by atoms with Crippen molar-refractivity contribution in [2.24, 2.45) is 5.84 Å². The van der Waals surface area contributed by atoms with Crippen molar-refractivity contribution in [1.29, 1.82) is 0 Å². The number of nitrogens with zero attached hydrogens (tertiary/aromatic N) is 2. The summed E-state index contributed by atoms with van der Waals surface area (Å²) in [6.07, 6.45) is 1.03. The molecule has 1 aromatic heterocycles. The molecule has 0 amide bonds. The minimum atomic E-state index is 0.632. The van der Waals surface area contributed by atoms with E-state index in [0.717, 1.165) is 17.7 Å². The van der Waals surface area contributed by atoms with Gasteiger partial charge in [-0.25, -0.2) is 15.8 Å². The van der Waals surface area contributed by atoms with Crippen LogP contribution >= 0.6 is 0 Å². The number of hydrogen-bond acceptors (Lipinski definition) is 4. The van der Waals surface area contributed by atoms with Gasteiger partial charge in [0.25, 0.3) is 0 Å². The molecule has 88 valence electrons. The second-order valence-corrected chi connectivity index (χ2v) is 3.91. The second-order valence-electron chi connectivity index (χ2n) is 3.91. The van der Waals surface area contributed by atoms with Gasteiger partial charge in [-0.3, -0.25) is 0 Å².